The molecular formula is C20H17NO5S2. The van der Waals surface area contributed by atoms with Gasteiger partial charge in [-0.25, -0.2) is 4.79 Å². The average molecular weight is 415 g/mol. The van der Waals surface area contributed by atoms with Crippen molar-refractivity contribution in [3.05, 3.63) is 59.0 Å². The third-order valence-corrected chi connectivity index (χ3v) is 5.19. The van der Waals surface area contributed by atoms with Gasteiger partial charge in [-0.15, -0.1) is 0 Å². The molecule has 1 saturated heterocycles. The molecule has 0 unspecified atom stereocenters. The molecule has 0 saturated carbocycles. The third-order valence-electron chi connectivity index (χ3n) is 3.89. The molecule has 0 N–H and O–H groups in total. The van der Waals surface area contributed by atoms with Crippen LogP contribution in [-0.4, -0.2) is 37.0 Å². The van der Waals surface area contributed by atoms with Crippen LogP contribution in [0.1, 0.15) is 5.56 Å². The second-order valence-corrected chi connectivity index (χ2v) is 7.27. The standard InChI is InChI=1S/C20H17NO5S2/c1-24-15-10-6-7-13(18(15)26-12-17(22)25-2)11-16-19(23)21(20(27)28-16)14-8-4-3-5-9-14/h3-11H,12H2,1-2H3/b16-11+. The molecule has 1 aliphatic rings. The zero-order chi connectivity index (χ0) is 20.1. The summed E-state index contributed by atoms with van der Waals surface area (Å²) in [5.41, 5.74) is 1.30. The minimum Gasteiger partial charge on any atom is -0.493 e. The largest absolute Gasteiger partial charge is 0.493 e. The van der Waals surface area contributed by atoms with Gasteiger partial charge in [0.05, 0.1) is 24.8 Å². The Hall–Kier alpha value is -2.84. The molecule has 3 rings (SSSR count). The quantitative estimate of drug-likeness (QED) is 0.405. The molecule has 28 heavy (non-hydrogen) atoms. The average Bonchev–Trinajstić information content (AvgIpc) is 3.00. The van der Waals surface area contributed by atoms with Gasteiger partial charge in [0, 0.05) is 5.56 Å². The van der Waals surface area contributed by atoms with Crippen LogP contribution in [0.25, 0.3) is 6.08 Å². The number of thioether (sulfide) groups is 1. The summed E-state index contributed by atoms with van der Waals surface area (Å²) in [6, 6.07) is 14.5. The highest BCUT2D eigenvalue weighted by atomic mass is 32.2. The van der Waals surface area contributed by atoms with Gasteiger partial charge in [-0.3, -0.25) is 9.69 Å². The predicted molar refractivity (Wildman–Crippen MR) is 113 cm³/mol. The number of para-hydroxylation sites is 2. The topological polar surface area (TPSA) is 65.1 Å². The van der Waals surface area contributed by atoms with Crippen molar-refractivity contribution >= 4 is 51.9 Å². The second kappa shape index (κ2) is 8.90. The van der Waals surface area contributed by atoms with Crippen molar-refractivity contribution in [3.63, 3.8) is 0 Å². The van der Waals surface area contributed by atoms with Gasteiger partial charge in [0.25, 0.3) is 5.91 Å². The smallest absolute Gasteiger partial charge is 0.343 e. The van der Waals surface area contributed by atoms with Crippen LogP contribution in [-0.2, 0) is 14.3 Å². The first-order valence-electron chi connectivity index (χ1n) is 8.24. The van der Waals surface area contributed by atoms with Crippen molar-refractivity contribution in [2.45, 2.75) is 0 Å². The van der Waals surface area contributed by atoms with E-state index < -0.39 is 5.97 Å². The van der Waals surface area contributed by atoms with Gasteiger partial charge in [-0.05, 0) is 24.3 Å². The molecule has 1 amide bonds. The maximum atomic E-state index is 12.9. The fourth-order valence-corrected chi connectivity index (χ4v) is 3.85. The number of hydrogen-bond donors (Lipinski definition) is 0. The Morgan fingerprint density at radius 3 is 2.57 bits per heavy atom. The van der Waals surface area contributed by atoms with Crippen molar-refractivity contribution in [1.82, 2.24) is 0 Å². The van der Waals surface area contributed by atoms with E-state index in [1.165, 1.54) is 30.9 Å². The molecule has 2 aromatic carbocycles. The fraction of sp³-hybridized carbons (Fsp3) is 0.150. The molecule has 8 heteroatoms. The molecule has 0 aromatic heterocycles. The first-order chi connectivity index (χ1) is 13.5. The lowest BCUT2D eigenvalue weighted by atomic mass is 10.1. The van der Waals surface area contributed by atoms with E-state index in [0.717, 1.165) is 0 Å². The van der Waals surface area contributed by atoms with Crippen LogP contribution in [0.5, 0.6) is 11.5 Å². The lowest BCUT2D eigenvalue weighted by molar-refractivity contribution is -0.142. The van der Waals surface area contributed by atoms with Crippen LogP contribution >= 0.6 is 24.0 Å². The number of anilines is 1. The molecule has 144 valence electrons. The van der Waals surface area contributed by atoms with Gasteiger partial charge in [0.2, 0.25) is 0 Å². The maximum Gasteiger partial charge on any atom is 0.343 e. The van der Waals surface area contributed by atoms with Gasteiger partial charge >= 0.3 is 5.97 Å². The Bertz CT molecular complexity index is 943. The van der Waals surface area contributed by atoms with Crippen molar-refractivity contribution in [2.24, 2.45) is 0 Å². The van der Waals surface area contributed by atoms with Crippen molar-refractivity contribution in [2.75, 3.05) is 25.7 Å². The number of amides is 1. The number of carbonyl (C=O) groups is 2. The first kappa shape index (κ1) is 19.9. The first-order valence-corrected chi connectivity index (χ1v) is 9.47. The van der Waals surface area contributed by atoms with Gasteiger partial charge in [-0.1, -0.05) is 54.3 Å². The van der Waals surface area contributed by atoms with Crippen molar-refractivity contribution in [3.8, 4) is 11.5 Å². The minimum atomic E-state index is -0.521. The molecule has 0 bridgehead atoms. The van der Waals surface area contributed by atoms with Gasteiger partial charge in [-0.2, -0.15) is 0 Å². The number of esters is 1. The van der Waals surface area contributed by atoms with E-state index in [-0.39, 0.29) is 12.5 Å². The molecule has 0 spiro atoms. The number of hydrogen-bond acceptors (Lipinski definition) is 7. The molecule has 1 aliphatic heterocycles. The predicted octanol–water partition coefficient (Wildman–Crippen LogP) is 3.65. The Morgan fingerprint density at radius 2 is 1.89 bits per heavy atom. The van der Waals surface area contributed by atoms with E-state index in [4.69, 9.17) is 21.7 Å². The number of thiocarbonyl (C=S) groups is 1. The van der Waals surface area contributed by atoms with E-state index in [2.05, 4.69) is 4.74 Å². The monoisotopic (exact) mass is 415 g/mol. The Labute approximate surface area is 172 Å². The van der Waals surface area contributed by atoms with Crippen molar-refractivity contribution in [1.29, 1.82) is 0 Å². The van der Waals surface area contributed by atoms with E-state index in [1.54, 1.807) is 24.3 Å². The van der Waals surface area contributed by atoms with E-state index in [1.807, 2.05) is 30.3 Å². The maximum absolute atomic E-state index is 12.9. The van der Waals surface area contributed by atoms with Crippen LogP contribution in [0.4, 0.5) is 5.69 Å². The van der Waals surface area contributed by atoms with Crippen LogP contribution in [0.2, 0.25) is 0 Å². The highest BCUT2D eigenvalue weighted by Gasteiger charge is 2.33. The highest BCUT2D eigenvalue weighted by molar-refractivity contribution is 8.27. The number of nitrogens with zero attached hydrogens (tertiary/aromatic N) is 1. The Kier molecular flexibility index (Phi) is 6.33. The summed E-state index contributed by atoms with van der Waals surface area (Å²) in [7, 11) is 2.78. The summed E-state index contributed by atoms with van der Waals surface area (Å²) in [6.45, 7) is -0.275. The van der Waals surface area contributed by atoms with E-state index >= 15 is 0 Å². The molecule has 6 nitrogen and oxygen atoms in total. The normalized spacial score (nSPS) is 15.1. The lowest BCUT2D eigenvalue weighted by Gasteiger charge is -2.14. The summed E-state index contributed by atoms with van der Waals surface area (Å²) in [6.07, 6.45) is 1.68. The van der Waals surface area contributed by atoms with Crippen molar-refractivity contribution < 1.29 is 23.8 Å². The van der Waals surface area contributed by atoms with Crippen LogP contribution < -0.4 is 14.4 Å². The summed E-state index contributed by atoms with van der Waals surface area (Å²) >= 11 is 6.59. The van der Waals surface area contributed by atoms with Crippen LogP contribution in [0.3, 0.4) is 0 Å². The number of benzene rings is 2. The lowest BCUT2D eigenvalue weighted by Crippen LogP contribution is -2.27. The molecule has 1 fully saturated rings. The minimum absolute atomic E-state index is 0.220. The molecule has 1 heterocycles. The molecule has 2 aromatic rings. The van der Waals surface area contributed by atoms with E-state index in [9.17, 15) is 9.59 Å². The molecule has 0 radical (unpaired) electrons. The van der Waals surface area contributed by atoms with Gasteiger partial charge in [0.15, 0.2) is 22.4 Å². The number of carbonyl (C=O) groups excluding carboxylic acids is 2. The summed E-state index contributed by atoms with van der Waals surface area (Å²) in [5.74, 6) is 0.0479. The zero-order valence-corrected chi connectivity index (χ0v) is 16.8. The number of rotatable bonds is 6. The Morgan fingerprint density at radius 1 is 1.14 bits per heavy atom. The summed E-state index contributed by atoms with van der Waals surface area (Å²) in [4.78, 5) is 26.3. The summed E-state index contributed by atoms with van der Waals surface area (Å²) in [5, 5.41) is 0. The second-order valence-electron chi connectivity index (χ2n) is 5.60. The van der Waals surface area contributed by atoms with Gasteiger partial charge < -0.3 is 14.2 Å². The number of ether oxygens (including phenoxy) is 3. The van der Waals surface area contributed by atoms with E-state index in [0.29, 0.717) is 32.0 Å². The molecule has 0 atom stereocenters. The summed E-state index contributed by atoms with van der Waals surface area (Å²) < 4.78 is 16.0. The third kappa shape index (κ3) is 4.18. The Balaban J connectivity index is 1.94. The van der Waals surface area contributed by atoms with Crippen LogP contribution in [0, 0.1) is 0 Å². The number of methoxy groups -OCH3 is 2. The molecular weight excluding hydrogens is 398 g/mol. The fourth-order valence-electron chi connectivity index (χ4n) is 2.56. The highest BCUT2D eigenvalue weighted by Crippen LogP contribution is 2.39. The molecule has 0 aliphatic carbocycles. The zero-order valence-electron chi connectivity index (χ0n) is 15.2. The SMILES string of the molecule is COC(=O)COc1c(/C=C2/SC(=S)N(c3ccccc3)C2=O)cccc1OC. The van der Waals surface area contributed by atoms with Gasteiger partial charge in [0.1, 0.15) is 0 Å². The van der Waals surface area contributed by atoms with Crippen LogP contribution in [0.15, 0.2) is 53.4 Å².